The standard InChI is InChI=1S/C13H19F2N3O/c1-4-9-7-19-8(2)6-18(9)13-11(15)5-10(14)12(16-3)17-13/h5,8-9H,4,6-7H2,1-3H3,(H,16,17). The summed E-state index contributed by atoms with van der Waals surface area (Å²) in [7, 11) is 1.56. The normalized spacial score (nSPS) is 23.5. The van der Waals surface area contributed by atoms with Crippen LogP contribution < -0.4 is 10.2 Å². The number of hydrogen-bond donors (Lipinski definition) is 1. The Labute approximate surface area is 111 Å². The Kier molecular flexibility index (Phi) is 4.19. The van der Waals surface area contributed by atoms with E-state index in [1.165, 1.54) is 0 Å². The van der Waals surface area contributed by atoms with Gasteiger partial charge in [-0.2, -0.15) is 0 Å². The molecule has 106 valence electrons. The minimum absolute atomic E-state index is 0.00656. The first-order chi connectivity index (χ1) is 9.06. The molecule has 19 heavy (non-hydrogen) atoms. The summed E-state index contributed by atoms with van der Waals surface area (Å²) in [4.78, 5) is 5.92. The van der Waals surface area contributed by atoms with E-state index in [1.54, 1.807) is 7.05 Å². The molecular weight excluding hydrogens is 252 g/mol. The summed E-state index contributed by atoms with van der Waals surface area (Å²) in [5, 5.41) is 2.64. The first-order valence-corrected chi connectivity index (χ1v) is 6.48. The molecule has 2 unspecified atom stereocenters. The number of hydrogen-bond acceptors (Lipinski definition) is 4. The molecular formula is C13H19F2N3O. The molecule has 1 N–H and O–H groups in total. The molecule has 2 rings (SSSR count). The van der Waals surface area contributed by atoms with Crippen molar-refractivity contribution in [2.75, 3.05) is 30.4 Å². The van der Waals surface area contributed by atoms with Crippen molar-refractivity contribution in [2.45, 2.75) is 32.4 Å². The van der Waals surface area contributed by atoms with Crippen molar-refractivity contribution in [3.63, 3.8) is 0 Å². The minimum atomic E-state index is -0.682. The summed E-state index contributed by atoms with van der Waals surface area (Å²) in [5.41, 5.74) is 0. The van der Waals surface area contributed by atoms with Gasteiger partial charge in [-0.1, -0.05) is 6.92 Å². The molecule has 1 aromatic heterocycles. The first-order valence-electron chi connectivity index (χ1n) is 6.48. The van der Waals surface area contributed by atoms with Gasteiger partial charge in [-0.25, -0.2) is 13.8 Å². The first kappa shape index (κ1) is 14.0. The van der Waals surface area contributed by atoms with E-state index >= 15 is 0 Å². The predicted molar refractivity (Wildman–Crippen MR) is 70.5 cm³/mol. The van der Waals surface area contributed by atoms with Crippen LogP contribution in [0.5, 0.6) is 0 Å². The maximum absolute atomic E-state index is 14.0. The second kappa shape index (κ2) is 5.69. The number of aromatic nitrogens is 1. The van der Waals surface area contributed by atoms with Crippen molar-refractivity contribution in [1.29, 1.82) is 0 Å². The number of halogens is 2. The molecule has 0 spiro atoms. The highest BCUT2D eigenvalue weighted by atomic mass is 19.1. The topological polar surface area (TPSA) is 37.4 Å². The van der Waals surface area contributed by atoms with E-state index in [2.05, 4.69) is 10.3 Å². The number of anilines is 2. The van der Waals surface area contributed by atoms with Crippen molar-refractivity contribution in [1.82, 2.24) is 4.98 Å². The van der Waals surface area contributed by atoms with Crippen LogP contribution in [0.1, 0.15) is 20.3 Å². The van der Waals surface area contributed by atoms with E-state index in [1.807, 2.05) is 18.7 Å². The van der Waals surface area contributed by atoms with Gasteiger partial charge in [-0.05, 0) is 13.3 Å². The molecule has 4 nitrogen and oxygen atoms in total. The number of morpholine rings is 1. The molecule has 0 aromatic carbocycles. The predicted octanol–water partition coefficient (Wildman–Crippen LogP) is 2.41. The molecule has 0 radical (unpaired) electrons. The molecule has 0 aliphatic carbocycles. The van der Waals surface area contributed by atoms with Crippen molar-refractivity contribution in [2.24, 2.45) is 0 Å². The molecule has 0 amide bonds. The monoisotopic (exact) mass is 271 g/mol. The van der Waals surface area contributed by atoms with Crippen molar-refractivity contribution in [3.05, 3.63) is 17.7 Å². The average Bonchev–Trinajstić information content (AvgIpc) is 2.39. The third kappa shape index (κ3) is 2.78. The summed E-state index contributed by atoms with van der Waals surface area (Å²) in [6.45, 7) is 5.03. The zero-order valence-electron chi connectivity index (χ0n) is 11.4. The maximum Gasteiger partial charge on any atom is 0.168 e. The molecule has 1 fully saturated rings. The number of pyridine rings is 1. The molecule has 2 atom stereocenters. The summed E-state index contributed by atoms with van der Waals surface area (Å²) in [6, 6.07) is 0.939. The summed E-state index contributed by atoms with van der Waals surface area (Å²) >= 11 is 0. The van der Waals surface area contributed by atoms with Crippen LogP contribution >= 0.6 is 0 Å². The van der Waals surface area contributed by atoms with Crippen LogP contribution in [0, 0.1) is 11.6 Å². The molecule has 2 heterocycles. The largest absolute Gasteiger partial charge is 0.375 e. The average molecular weight is 271 g/mol. The van der Waals surface area contributed by atoms with E-state index in [-0.39, 0.29) is 23.8 Å². The van der Waals surface area contributed by atoms with Gasteiger partial charge in [0, 0.05) is 19.7 Å². The van der Waals surface area contributed by atoms with Gasteiger partial charge in [0.15, 0.2) is 23.3 Å². The van der Waals surface area contributed by atoms with Crippen LogP contribution in [0.25, 0.3) is 0 Å². The number of rotatable bonds is 3. The molecule has 1 aliphatic rings. The van der Waals surface area contributed by atoms with Gasteiger partial charge in [0.1, 0.15) is 0 Å². The van der Waals surface area contributed by atoms with Crippen molar-refractivity contribution < 1.29 is 13.5 Å². The SMILES string of the molecule is CCC1COC(C)CN1c1nc(NC)c(F)cc1F. The lowest BCUT2D eigenvalue weighted by Crippen LogP contribution is -2.49. The molecule has 1 aliphatic heterocycles. The smallest absolute Gasteiger partial charge is 0.168 e. The van der Waals surface area contributed by atoms with Gasteiger partial charge < -0.3 is 15.0 Å². The van der Waals surface area contributed by atoms with Gasteiger partial charge >= 0.3 is 0 Å². The second-order valence-corrected chi connectivity index (χ2v) is 4.73. The summed E-state index contributed by atoms with van der Waals surface area (Å²) in [5.74, 6) is -1.07. The van der Waals surface area contributed by atoms with E-state index in [0.29, 0.717) is 13.2 Å². The second-order valence-electron chi connectivity index (χ2n) is 4.73. The third-order valence-electron chi connectivity index (χ3n) is 3.36. The number of ether oxygens (including phenoxy) is 1. The Hall–Kier alpha value is -1.43. The fourth-order valence-electron chi connectivity index (χ4n) is 2.28. The Bertz CT molecular complexity index is 456. The Balaban J connectivity index is 2.37. The van der Waals surface area contributed by atoms with Crippen molar-refractivity contribution >= 4 is 11.6 Å². The molecule has 1 aromatic rings. The molecule has 0 bridgehead atoms. The van der Waals surface area contributed by atoms with E-state index in [0.717, 1.165) is 12.5 Å². The zero-order chi connectivity index (χ0) is 14.0. The van der Waals surface area contributed by atoms with E-state index in [9.17, 15) is 8.78 Å². The Morgan fingerprint density at radius 2 is 2.21 bits per heavy atom. The van der Waals surface area contributed by atoms with Gasteiger partial charge in [0.05, 0.1) is 18.8 Å². The fourth-order valence-corrected chi connectivity index (χ4v) is 2.28. The van der Waals surface area contributed by atoms with E-state index < -0.39 is 11.6 Å². The Morgan fingerprint density at radius 3 is 2.84 bits per heavy atom. The van der Waals surface area contributed by atoms with Crippen LogP contribution in [-0.2, 0) is 4.74 Å². The van der Waals surface area contributed by atoms with Crippen LogP contribution in [0.2, 0.25) is 0 Å². The quantitative estimate of drug-likeness (QED) is 0.916. The lowest BCUT2D eigenvalue weighted by Gasteiger charge is -2.39. The lowest BCUT2D eigenvalue weighted by molar-refractivity contribution is 0.0293. The highest BCUT2D eigenvalue weighted by Crippen LogP contribution is 2.27. The van der Waals surface area contributed by atoms with Crippen LogP contribution in [0.15, 0.2) is 6.07 Å². The summed E-state index contributed by atoms with van der Waals surface area (Å²) in [6.07, 6.45) is 0.826. The van der Waals surface area contributed by atoms with E-state index in [4.69, 9.17) is 4.74 Å². The van der Waals surface area contributed by atoms with Gasteiger partial charge in [-0.3, -0.25) is 0 Å². The van der Waals surface area contributed by atoms with Gasteiger partial charge in [-0.15, -0.1) is 0 Å². The minimum Gasteiger partial charge on any atom is -0.375 e. The summed E-state index contributed by atoms with van der Waals surface area (Å²) < 4.78 is 33.0. The lowest BCUT2D eigenvalue weighted by atomic mass is 10.1. The number of nitrogens with zero attached hydrogens (tertiary/aromatic N) is 2. The molecule has 6 heteroatoms. The zero-order valence-corrected chi connectivity index (χ0v) is 11.4. The molecule has 1 saturated heterocycles. The highest BCUT2D eigenvalue weighted by molar-refractivity contribution is 5.50. The van der Waals surface area contributed by atoms with Gasteiger partial charge in [0.2, 0.25) is 0 Å². The van der Waals surface area contributed by atoms with Gasteiger partial charge in [0.25, 0.3) is 0 Å². The number of nitrogens with one attached hydrogen (secondary N) is 1. The highest BCUT2D eigenvalue weighted by Gasteiger charge is 2.29. The van der Waals surface area contributed by atoms with Crippen LogP contribution in [0.4, 0.5) is 20.4 Å². The van der Waals surface area contributed by atoms with Crippen LogP contribution in [-0.4, -0.2) is 37.3 Å². The van der Waals surface area contributed by atoms with Crippen LogP contribution in [0.3, 0.4) is 0 Å². The Morgan fingerprint density at radius 1 is 1.47 bits per heavy atom. The maximum atomic E-state index is 14.0. The third-order valence-corrected chi connectivity index (χ3v) is 3.36. The fraction of sp³-hybridized carbons (Fsp3) is 0.615. The van der Waals surface area contributed by atoms with Crippen molar-refractivity contribution in [3.8, 4) is 0 Å². The molecule has 0 saturated carbocycles.